The molecule has 0 spiro atoms. The average molecular weight is 470 g/mol. The fourth-order valence-corrected chi connectivity index (χ4v) is 3.95. The summed E-state index contributed by atoms with van der Waals surface area (Å²) < 4.78 is 5.20. The van der Waals surface area contributed by atoms with Crippen LogP contribution >= 0.6 is 23.2 Å². The third-order valence-corrected chi connectivity index (χ3v) is 5.73. The summed E-state index contributed by atoms with van der Waals surface area (Å²) in [7, 11) is 1.48. The van der Waals surface area contributed by atoms with Gasteiger partial charge >= 0.3 is 0 Å². The molecule has 1 unspecified atom stereocenters. The zero-order valence-corrected chi connectivity index (χ0v) is 18.3. The molecule has 0 aromatic heterocycles. The van der Waals surface area contributed by atoms with E-state index in [1.165, 1.54) is 24.1 Å². The molecule has 1 aliphatic rings. The number of benzene rings is 3. The minimum atomic E-state index is -0.986. The van der Waals surface area contributed by atoms with Crippen LogP contribution < -0.4 is 9.64 Å². The smallest absolute Gasteiger partial charge is 0.300 e. The molecule has 6 nitrogen and oxygen atoms in total. The largest absolute Gasteiger partial charge is 0.507 e. The van der Waals surface area contributed by atoms with Gasteiger partial charge in [-0.1, -0.05) is 41.4 Å². The van der Waals surface area contributed by atoms with Gasteiger partial charge in [0.1, 0.15) is 17.3 Å². The number of aliphatic hydroxyl groups excluding tert-OH is 1. The van der Waals surface area contributed by atoms with Gasteiger partial charge in [0.15, 0.2) is 0 Å². The third-order valence-electron chi connectivity index (χ3n) is 5.18. The number of halogens is 2. The summed E-state index contributed by atoms with van der Waals surface area (Å²) in [5.41, 5.74) is 1.05. The summed E-state index contributed by atoms with van der Waals surface area (Å²) in [6.45, 7) is 0. The van der Waals surface area contributed by atoms with E-state index in [2.05, 4.69) is 0 Å². The second kappa shape index (κ2) is 8.57. The lowest BCUT2D eigenvalue weighted by Gasteiger charge is -2.25. The van der Waals surface area contributed by atoms with E-state index in [1.807, 2.05) is 0 Å². The Balaban J connectivity index is 1.96. The molecule has 3 aromatic carbocycles. The van der Waals surface area contributed by atoms with Crippen LogP contribution in [-0.2, 0) is 9.59 Å². The summed E-state index contributed by atoms with van der Waals surface area (Å²) in [6, 6.07) is 16.3. The molecule has 32 heavy (non-hydrogen) atoms. The van der Waals surface area contributed by atoms with Crippen LogP contribution in [0.3, 0.4) is 0 Å². The summed E-state index contributed by atoms with van der Waals surface area (Å²) in [6.07, 6.45) is 0. The molecule has 1 fully saturated rings. The zero-order chi connectivity index (χ0) is 23.0. The van der Waals surface area contributed by atoms with Gasteiger partial charge in [0.2, 0.25) is 0 Å². The Morgan fingerprint density at radius 3 is 2.38 bits per heavy atom. The van der Waals surface area contributed by atoms with Crippen molar-refractivity contribution in [3.8, 4) is 11.5 Å². The first kappa shape index (κ1) is 21.7. The maximum atomic E-state index is 13.1. The highest BCUT2D eigenvalue weighted by molar-refractivity contribution is 6.51. The molecule has 8 heteroatoms. The molecule has 0 aliphatic carbocycles. The molecular weight excluding hydrogens is 453 g/mol. The number of phenols is 1. The number of ketones is 1. The van der Waals surface area contributed by atoms with Gasteiger partial charge in [0, 0.05) is 16.3 Å². The third kappa shape index (κ3) is 3.79. The van der Waals surface area contributed by atoms with E-state index in [-0.39, 0.29) is 22.1 Å². The fraction of sp³-hybridized carbons (Fsp3) is 0.0833. The molecule has 162 valence electrons. The Hall–Kier alpha value is -3.48. The van der Waals surface area contributed by atoms with Crippen molar-refractivity contribution >= 4 is 46.3 Å². The van der Waals surface area contributed by atoms with Gasteiger partial charge in [-0.25, -0.2) is 0 Å². The molecule has 1 amide bonds. The molecule has 1 atom stereocenters. The summed E-state index contributed by atoms with van der Waals surface area (Å²) in [5.74, 6) is -1.69. The molecule has 0 radical (unpaired) electrons. The first-order chi connectivity index (χ1) is 15.3. The molecule has 2 N–H and O–H groups in total. The van der Waals surface area contributed by atoms with E-state index < -0.39 is 17.7 Å². The highest BCUT2D eigenvalue weighted by atomic mass is 35.5. The Kier molecular flexibility index (Phi) is 5.82. The fourth-order valence-electron chi connectivity index (χ4n) is 3.64. The SMILES string of the molecule is COc1cccc(/C(O)=C2/C(=O)C(=O)N(c3ccc(Cl)cc3)C2c2ccc(O)c(Cl)c2)c1. The number of nitrogens with zero attached hydrogens (tertiary/aromatic N) is 1. The molecule has 1 heterocycles. The predicted molar refractivity (Wildman–Crippen MR) is 122 cm³/mol. The Labute approximate surface area is 193 Å². The van der Waals surface area contributed by atoms with Gasteiger partial charge in [0.05, 0.1) is 23.7 Å². The number of rotatable bonds is 4. The maximum absolute atomic E-state index is 13.1. The maximum Gasteiger partial charge on any atom is 0.300 e. The van der Waals surface area contributed by atoms with Crippen molar-refractivity contribution < 1.29 is 24.5 Å². The molecule has 1 aliphatic heterocycles. The minimum absolute atomic E-state index is 0.0468. The monoisotopic (exact) mass is 469 g/mol. The lowest BCUT2D eigenvalue weighted by atomic mass is 9.95. The molecule has 1 saturated heterocycles. The number of methoxy groups -OCH3 is 1. The molecule has 3 aromatic rings. The van der Waals surface area contributed by atoms with Crippen molar-refractivity contribution in [2.45, 2.75) is 6.04 Å². The number of carbonyl (C=O) groups is 2. The molecule has 0 bridgehead atoms. The molecular formula is C24H17Cl2NO5. The number of aromatic hydroxyl groups is 1. The number of hydrogen-bond acceptors (Lipinski definition) is 5. The topological polar surface area (TPSA) is 87.1 Å². The summed E-state index contributed by atoms with van der Waals surface area (Å²) >= 11 is 12.1. The number of amides is 1. The van der Waals surface area contributed by atoms with Crippen LogP contribution in [0.5, 0.6) is 11.5 Å². The molecule has 0 saturated carbocycles. The van der Waals surface area contributed by atoms with Gasteiger partial charge in [-0.3, -0.25) is 14.5 Å². The summed E-state index contributed by atoms with van der Waals surface area (Å²) in [5, 5.41) is 21.5. The van der Waals surface area contributed by atoms with Crippen molar-refractivity contribution in [2.75, 3.05) is 12.0 Å². The predicted octanol–water partition coefficient (Wildman–Crippen LogP) is 5.33. The van der Waals surface area contributed by atoms with Crippen LogP contribution in [0.15, 0.2) is 72.3 Å². The minimum Gasteiger partial charge on any atom is -0.507 e. The van der Waals surface area contributed by atoms with Crippen molar-refractivity contribution in [3.05, 3.63) is 93.5 Å². The van der Waals surface area contributed by atoms with Crippen molar-refractivity contribution in [1.29, 1.82) is 0 Å². The van der Waals surface area contributed by atoms with Gasteiger partial charge in [-0.2, -0.15) is 0 Å². The first-order valence-electron chi connectivity index (χ1n) is 9.51. The number of ether oxygens (including phenoxy) is 1. The number of Topliss-reactive ketones (excluding diaryl/α,β-unsaturated/α-hetero) is 1. The Morgan fingerprint density at radius 2 is 1.72 bits per heavy atom. The highest BCUT2D eigenvalue weighted by Gasteiger charge is 2.47. The number of phenolic OH excluding ortho intramolecular Hbond substituents is 1. The lowest BCUT2D eigenvalue weighted by Crippen LogP contribution is -2.29. The van der Waals surface area contributed by atoms with Crippen LogP contribution in [0, 0.1) is 0 Å². The van der Waals surface area contributed by atoms with Crippen LogP contribution in [0.25, 0.3) is 5.76 Å². The van der Waals surface area contributed by atoms with Gasteiger partial charge < -0.3 is 14.9 Å². The van der Waals surface area contributed by atoms with Crippen LogP contribution in [0.2, 0.25) is 10.0 Å². The zero-order valence-electron chi connectivity index (χ0n) is 16.8. The number of anilines is 1. The van der Waals surface area contributed by atoms with Gasteiger partial charge in [-0.05, 0) is 54.1 Å². The van der Waals surface area contributed by atoms with E-state index in [1.54, 1.807) is 54.6 Å². The normalized spacial score (nSPS) is 17.6. The van der Waals surface area contributed by atoms with Gasteiger partial charge in [0.25, 0.3) is 11.7 Å². The van der Waals surface area contributed by atoms with E-state index in [0.717, 1.165) is 0 Å². The second-order valence-corrected chi connectivity index (χ2v) is 7.93. The summed E-state index contributed by atoms with van der Waals surface area (Å²) in [4.78, 5) is 27.5. The van der Waals surface area contributed by atoms with Crippen LogP contribution in [0.4, 0.5) is 5.69 Å². The first-order valence-corrected chi connectivity index (χ1v) is 10.3. The Bertz CT molecular complexity index is 1250. The quantitative estimate of drug-likeness (QED) is 0.306. The van der Waals surface area contributed by atoms with Crippen molar-refractivity contribution in [1.82, 2.24) is 0 Å². The van der Waals surface area contributed by atoms with Crippen LogP contribution in [-0.4, -0.2) is 29.0 Å². The molecule has 4 rings (SSSR count). The number of aliphatic hydroxyl groups is 1. The second-order valence-electron chi connectivity index (χ2n) is 7.09. The lowest BCUT2D eigenvalue weighted by molar-refractivity contribution is -0.132. The number of carbonyl (C=O) groups excluding carboxylic acids is 2. The van der Waals surface area contributed by atoms with Crippen LogP contribution in [0.1, 0.15) is 17.2 Å². The van der Waals surface area contributed by atoms with Gasteiger partial charge in [-0.15, -0.1) is 0 Å². The average Bonchev–Trinajstić information content (AvgIpc) is 3.06. The van der Waals surface area contributed by atoms with Crippen molar-refractivity contribution in [2.24, 2.45) is 0 Å². The van der Waals surface area contributed by atoms with E-state index in [0.29, 0.717) is 27.6 Å². The van der Waals surface area contributed by atoms with E-state index in [9.17, 15) is 19.8 Å². The standard InChI is InChI=1S/C24H17Cl2NO5/c1-32-17-4-2-3-14(11-17)22(29)20-21(13-5-10-19(28)18(26)12-13)27(24(31)23(20)30)16-8-6-15(25)7-9-16/h2-12,21,28-29H,1H3/b22-20-. The van der Waals surface area contributed by atoms with E-state index >= 15 is 0 Å². The van der Waals surface area contributed by atoms with Crippen molar-refractivity contribution in [3.63, 3.8) is 0 Å². The van der Waals surface area contributed by atoms with E-state index in [4.69, 9.17) is 27.9 Å². The Morgan fingerprint density at radius 1 is 1.00 bits per heavy atom. The highest BCUT2D eigenvalue weighted by Crippen LogP contribution is 2.43. The number of hydrogen-bond donors (Lipinski definition) is 2.